The van der Waals surface area contributed by atoms with Crippen molar-refractivity contribution in [2.75, 3.05) is 6.54 Å². The van der Waals surface area contributed by atoms with Gasteiger partial charge in [0.25, 0.3) is 5.91 Å². The fourth-order valence-corrected chi connectivity index (χ4v) is 1.70. The summed E-state index contributed by atoms with van der Waals surface area (Å²) in [5.74, 6) is -2.13. The average Bonchev–Trinajstić information content (AvgIpc) is 2.57. The Morgan fingerprint density at radius 1 is 1.43 bits per heavy atom. The second-order valence-corrected chi connectivity index (χ2v) is 4.59. The molecule has 1 unspecified atom stereocenters. The molecule has 0 aromatic heterocycles. The SMILES string of the molecule is C=CC(=O)N(CC(=O)O)C1=CC(C)(C(F)(F)F)C=CC=C1. The smallest absolute Gasteiger partial charge is 0.401 e. The van der Waals surface area contributed by atoms with Crippen LogP contribution < -0.4 is 0 Å². The third kappa shape index (κ3) is 3.84. The van der Waals surface area contributed by atoms with Crippen LogP contribution in [0.2, 0.25) is 0 Å². The lowest BCUT2D eigenvalue weighted by atomic mass is 9.88. The number of hydrogen-bond donors (Lipinski definition) is 1. The van der Waals surface area contributed by atoms with Crippen LogP contribution in [0, 0.1) is 5.41 Å². The molecule has 1 rings (SSSR count). The van der Waals surface area contributed by atoms with Crippen molar-refractivity contribution in [3.05, 3.63) is 48.7 Å². The van der Waals surface area contributed by atoms with Crippen LogP contribution in [0.3, 0.4) is 0 Å². The quantitative estimate of drug-likeness (QED) is 0.812. The number of alkyl halides is 3. The number of carbonyl (C=O) groups excluding carboxylic acids is 1. The van der Waals surface area contributed by atoms with Gasteiger partial charge < -0.3 is 5.11 Å². The molecule has 1 atom stereocenters. The number of carboxylic acid groups (broad SMARTS) is 1. The van der Waals surface area contributed by atoms with Crippen molar-refractivity contribution in [2.45, 2.75) is 13.1 Å². The van der Waals surface area contributed by atoms with Crippen molar-refractivity contribution in [3.8, 4) is 0 Å². The summed E-state index contributed by atoms with van der Waals surface area (Å²) in [6, 6.07) is 0. The van der Waals surface area contributed by atoms with Gasteiger partial charge >= 0.3 is 12.1 Å². The largest absolute Gasteiger partial charge is 0.480 e. The Morgan fingerprint density at radius 2 is 2.05 bits per heavy atom. The van der Waals surface area contributed by atoms with Crippen LogP contribution in [-0.2, 0) is 9.59 Å². The summed E-state index contributed by atoms with van der Waals surface area (Å²) in [6.07, 6.45) is 1.79. The summed E-state index contributed by atoms with van der Waals surface area (Å²) >= 11 is 0. The second-order valence-electron chi connectivity index (χ2n) is 4.59. The molecular formula is C14H14F3NO3. The van der Waals surface area contributed by atoms with Gasteiger partial charge in [-0.3, -0.25) is 14.5 Å². The fourth-order valence-electron chi connectivity index (χ4n) is 1.70. The summed E-state index contributed by atoms with van der Waals surface area (Å²) in [6.45, 7) is 3.40. The minimum absolute atomic E-state index is 0.146. The van der Waals surface area contributed by atoms with Crippen molar-refractivity contribution in [1.29, 1.82) is 0 Å². The lowest BCUT2D eigenvalue weighted by Gasteiger charge is -2.28. The molecule has 0 bridgehead atoms. The number of aliphatic carboxylic acids is 1. The summed E-state index contributed by atoms with van der Waals surface area (Å²) in [7, 11) is 0. The van der Waals surface area contributed by atoms with Crippen LogP contribution >= 0.6 is 0 Å². The summed E-state index contributed by atoms with van der Waals surface area (Å²) < 4.78 is 39.4. The number of amides is 1. The van der Waals surface area contributed by atoms with E-state index in [0.717, 1.165) is 30.1 Å². The van der Waals surface area contributed by atoms with Crippen LogP contribution in [0.5, 0.6) is 0 Å². The maximum absolute atomic E-state index is 13.1. The normalized spacial score (nSPS) is 21.4. The van der Waals surface area contributed by atoms with Crippen LogP contribution in [0.4, 0.5) is 13.2 Å². The molecule has 0 fully saturated rings. The van der Waals surface area contributed by atoms with E-state index < -0.39 is 30.0 Å². The zero-order chi connectivity index (χ0) is 16.3. The Hall–Kier alpha value is -2.31. The molecule has 0 aliphatic heterocycles. The minimum Gasteiger partial charge on any atom is -0.480 e. The van der Waals surface area contributed by atoms with E-state index in [1.54, 1.807) is 0 Å². The monoisotopic (exact) mass is 301 g/mol. The zero-order valence-corrected chi connectivity index (χ0v) is 11.2. The summed E-state index contributed by atoms with van der Waals surface area (Å²) in [4.78, 5) is 23.2. The van der Waals surface area contributed by atoms with Crippen LogP contribution in [0.15, 0.2) is 48.7 Å². The van der Waals surface area contributed by atoms with Gasteiger partial charge in [0, 0.05) is 5.70 Å². The van der Waals surface area contributed by atoms with E-state index in [-0.39, 0.29) is 5.70 Å². The maximum atomic E-state index is 13.1. The summed E-state index contributed by atoms with van der Waals surface area (Å²) in [5.41, 5.74) is -2.45. The Morgan fingerprint density at radius 3 is 2.52 bits per heavy atom. The molecular weight excluding hydrogens is 287 g/mol. The van der Waals surface area contributed by atoms with E-state index in [2.05, 4.69) is 6.58 Å². The average molecular weight is 301 g/mol. The van der Waals surface area contributed by atoms with Crippen molar-refractivity contribution in [3.63, 3.8) is 0 Å². The van der Waals surface area contributed by atoms with Gasteiger partial charge in [-0.25, -0.2) is 0 Å². The van der Waals surface area contributed by atoms with Gasteiger partial charge in [0.15, 0.2) is 0 Å². The van der Waals surface area contributed by atoms with Gasteiger partial charge in [-0.05, 0) is 25.2 Å². The number of carbonyl (C=O) groups is 2. The molecule has 0 aromatic rings. The zero-order valence-electron chi connectivity index (χ0n) is 11.2. The van der Waals surface area contributed by atoms with E-state index in [1.807, 2.05) is 0 Å². The number of allylic oxidation sites excluding steroid dienone is 5. The molecule has 1 amide bonds. The molecule has 21 heavy (non-hydrogen) atoms. The number of carboxylic acids is 1. The van der Waals surface area contributed by atoms with Gasteiger partial charge in [-0.15, -0.1) is 0 Å². The van der Waals surface area contributed by atoms with Crippen LogP contribution in [0.1, 0.15) is 6.92 Å². The Balaban J connectivity index is 3.32. The third-order valence-corrected chi connectivity index (χ3v) is 2.92. The maximum Gasteiger partial charge on any atom is 0.401 e. The van der Waals surface area contributed by atoms with Crippen molar-refractivity contribution < 1.29 is 27.9 Å². The lowest BCUT2D eigenvalue weighted by Crippen LogP contribution is -2.36. The first-order chi connectivity index (χ1) is 9.60. The molecule has 0 aromatic carbocycles. The van der Waals surface area contributed by atoms with E-state index >= 15 is 0 Å². The van der Waals surface area contributed by atoms with Gasteiger partial charge in [-0.2, -0.15) is 13.2 Å². The molecule has 0 saturated heterocycles. The highest BCUT2D eigenvalue weighted by Crippen LogP contribution is 2.42. The Kier molecular flexibility index (Phi) is 4.77. The first-order valence-corrected chi connectivity index (χ1v) is 5.92. The van der Waals surface area contributed by atoms with E-state index in [4.69, 9.17) is 5.11 Å². The molecule has 4 nitrogen and oxygen atoms in total. The third-order valence-electron chi connectivity index (χ3n) is 2.92. The minimum atomic E-state index is -4.58. The molecule has 7 heteroatoms. The molecule has 1 aliphatic carbocycles. The number of hydrogen-bond acceptors (Lipinski definition) is 2. The molecule has 114 valence electrons. The van der Waals surface area contributed by atoms with E-state index in [0.29, 0.717) is 0 Å². The topological polar surface area (TPSA) is 57.6 Å². The molecule has 0 spiro atoms. The first kappa shape index (κ1) is 16.7. The van der Waals surface area contributed by atoms with Gasteiger partial charge in [0.2, 0.25) is 0 Å². The Labute approximate surface area is 119 Å². The fraction of sp³-hybridized carbons (Fsp3) is 0.286. The van der Waals surface area contributed by atoms with Crippen molar-refractivity contribution >= 4 is 11.9 Å². The Bertz CT molecular complexity index is 546. The highest BCUT2D eigenvalue weighted by molar-refractivity contribution is 5.91. The van der Waals surface area contributed by atoms with Gasteiger partial charge in [0.1, 0.15) is 12.0 Å². The molecule has 1 N–H and O–H groups in total. The van der Waals surface area contributed by atoms with Crippen LogP contribution in [0.25, 0.3) is 0 Å². The predicted octanol–water partition coefficient (Wildman–Crippen LogP) is 2.66. The lowest BCUT2D eigenvalue weighted by molar-refractivity contribution is -0.183. The number of rotatable bonds is 4. The number of halogens is 3. The number of nitrogens with zero attached hydrogens (tertiary/aromatic N) is 1. The molecule has 1 aliphatic rings. The highest BCUT2D eigenvalue weighted by atomic mass is 19.4. The van der Waals surface area contributed by atoms with Crippen molar-refractivity contribution in [1.82, 2.24) is 4.90 Å². The second kappa shape index (κ2) is 5.99. The van der Waals surface area contributed by atoms with E-state index in [1.165, 1.54) is 18.2 Å². The van der Waals surface area contributed by atoms with Crippen molar-refractivity contribution in [2.24, 2.45) is 5.41 Å². The van der Waals surface area contributed by atoms with Gasteiger partial charge in [-0.1, -0.05) is 24.8 Å². The van der Waals surface area contributed by atoms with E-state index in [9.17, 15) is 22.8 Å². The molecule has 0 saturated carbocycles. The highest BCUT2D eigenvalue weighted by Gasteiger charge is 2.48. The summed E-state index contributed by atoms with van der Waals surface area (Å²) in [5, 5.41) is 8.80. The first-order valence-electron chi connectivity index (χ1n) is 5.92. The van der Waals surface area contributed by atoms with Crippen LogP contribution in [-0.4, -0.2) is 34.6 Å². The molecule has 0 heterocycles. The van der Waals surface area contributed by atoms with Gasteiger partial charge in [0.05, 0.1) is 0 Å². The predicted molar refractivity (Wildman–Crippen MR) is 70.1 cm³/mol. The standard InChI is InChI=1S/C14H14F3NO3/c1-3-11(19)18(9-12(20)21)10-6-4-5-7-13(2,8-10)14(15,16)17/h3-8H,1,9H2,2H3,(H,20,21). The molecule has 0 radical (unpaired) electrons.